The Labute approximate surface area is 108 Å². The van der Waals surface area contributed by atoms with Gasteiger partial charge in [0.25, 0.3) is 0 Å². The Morgan fingerprint density at radius 3 is 0.938 bits per heavy atom. The lowest BCUT2D eigenvalue weighted by Crippen LogP contribution is -2.58. The van der Waals surface area contributed by atoms with Crippen LogP contribution in [0, 0.1) is 0 Å². The van der Waals surface area contributed by atoms with E-state index in [1.807, 2.05) is 0 Å². The first-order chi connectivity index (χ1) is 7.20. The van der Waals surface area contributed by atoms with E-state index in [1.54, 1.807) is 0 Å². The van der Waals surface area contributed by atoms with E-state index in [0.717, 1.165) is 0 Å². The van der Waals surface area contributed by atoms with Crippen molar-refractivity contribution in [2.45, 2.75) is 79.6 Å². The molecule has 16 heavy (non-hydrogen) atoms. The number of hydrogen-bond donors (Lipinski definition) is 0. The summed E-state index contributed by atoms with van der Waals surface area (Å²) in [5, 5.41) is 0. The van der Waals surface area contributed by atoms with E-state index in [4.69, 9.17) is 11.1 Å². The highest BCUT2D eigenvalue weighted by atomic mass is 35.6. The topological polar surface area (TPSA) is 6.48 Å². The highest BCUT2D eigenvalue weighted by Crippen LogP contribution is 2.19. The van der Waals surface area contributed by atoms with Gasteiger partial charge in [-0.1, -0.05) is 55.4 Å². The maximum Gasteiger partial charge on any atom is 0.345 e. The molecule has 0 saturated carbocycles. The second kappa shape index (κ2) is 6.99. The zero-order valence-electron chi connectivity index (χ0n) is 12.1. The van der Waals surface area contributed by atoms with E-state index in [1.165, 1.54) is 0 Å². The fourth-order valence-corrected chi connectivity index (χ4v) is 6.49. The Bertz CT molecular complexity index is 159. The molecule has 0 aliphatic heterocycles. The molecule has 97 valence electrons. The van der Waals surface area contributed by atoms with Gasteiger partial charge in [0.05, 0.1) is 0 Å². The largest absolute Gasteiger partial charge is 0.345 e. The standard InChI is InChI=1S/C12H28ClN2Si/c1-9(2)14(10(3)4)16(13)15(11(5)6)12(7)8/h9-12H,1-8H3. The molecule has 1 radical (unpaired) electrons. The molecule has 0 aliphatic rings. The van der Waals surface area contributed by atoms with Crippen LogP contribution in [-0.4, -0.2) is 41.7 Å². The van der Waals surface area contributed by atoms with E-state index in [-0.39, 0.29) is 0 Å². The van der Waals surface area contributed by atoms with Gasteiger partial charge >= 0.3 is 8.43 Å². The molecule has 0 spiro atoms. The van der Waals surface area contributed by atoms with Crippen molar-refractivity contribution in [3.05, 3.63) is 0 Å². The van der Waals surface area contributed by atoms with Gasteiger partial charge in [0.15, 0.2) is 0 Å². The Kier molecular flexibility index (Phi) is 7.18. The number of hydrogen-bond acceptors (Lipinski definition) is 2. The Balaban J connectivity index is 4.88. The van der Waals surface area contributed by atoms with Crippen molar-refractivity contribution in [3.8, 4) is 0 Å². The molecule has 0 aliphatic carbocycles. The summed E-state index contributed by atoms with van der Waals surface area (Å²) in [6.45, 7) is 17.8. The third-order valence-corrected chi connectivity index (χ3v) is 6.74. The van der Waals surface area contributed by atoms with Crippen LogP contribution >= 0.6 is 11.1 Å². The predicted molar refractivity (Wildman–Crippen MR) is 75.8 cm³/mol. The monoisotopic (exact) mass is 263 g/mol. The lowest BCUT2D eigenvalue weighted by atomic mass is 10.3. The average Bonchev–Trinajstić information content (AvgIpc) is 1.99. The normalized spacial score (nSPS) is 13.5. The van der Waals surface area contributed by atoms with Crippen LogP contribution in [0.25, 0.3) is 0 Å². The van der Waals surface area contributed by atoms with Crippen LogP contribution in [0.2, 0.25) is 0 Å². The van der Waals surface area contributed by atoms with E-state index in [0.29, 0.717) is 24.2 Å². The van der Waals surface area contributed by atoms with Gasteiger partial charge in [-0.25, -0.2) is 0 Å². The summed E-state index contributed by atoms with van der Waals surface area (Å²) in [7, 11) is -1.13. The Hall–Kier alpha value is 0.427. The second-order valence-electron chi connectivity index (χ2n) is 5.46. The first kappa shape index (κ1) is 16.4. The minimum atomic E-state index is -1.13. The minimum absolute atomic E-state index is 0.506. The molecule has 0 heterocycles. The highest BCUT2D eigenvalue weighted by Gasteiger charge is 2.33. The molecule has 0 unspecified atom stereocenters. The van der Waals surface area contributed by atoms with Crippen LogP contribution < -0.4 is 0 Å². The molecular weight excluding hydrogens is 236 g/mol. The van der Waals surface area contributed by atoms with E-state index >= 15 is 0 Å². The van der Waals surface area contributed by atoms with Crippen molar-refractivity contribution >= 4 is 19.5 Å². The van der Waals surface area contributed by atoms with Gasteiger partial charge in [0.1, 0.15) is 0 Å². The number of halogens is 1. The molecule has 0 atom stereocenters. The van der Waals surface area contributed by atoms with Crippen molar-refractivity contribution in [2.24, 2.45) is 0 Å². The van der Waals surface area contributed by atoms with Crippen molar-refractivity contribution < 1.29 is 0 Å². The van der Waals surface area contributed by atoms with E-state index in [9.17, 15) is 0 Å². The maximum atomic E-state index is 6.75. The summed E-state index contributed by atoms with van der Waals surface area (Å²) >= 11 is 6.75. The Morgan fingerprint density at radius 1 is 0.625 bits per heavy atom. The molecule has 0 rings (SSSR count). The average molecular weight is 264 g/mol. The molecule has 0 aromatic carbocycles. The van der Waals surface area contributed by atoms with Gasteiger partial charge in [-0.05, 0) is 24.2 Å². The Morgan fingerprint density at radius 2 is 0.812 bits per heavy atom. The van der Waals surface area contributed by atoms with Crippen LogP contribution in [0.1, 0.15) is 55.4 Å². The van der Waals surface area contributed by atoms with Gasteiger partial charge < -0.3 is 0 Å². The van der Waals surface area contributed by atoms with Crippen molar-refractivity contribution in [2.75, 3.05) is 0 Å². The van der Waals surface area contributed by atoms with Crippen LogP contribution in [0.15, 0.2) is 0 Å². The first-order valence-electron chi connectivity index (χ1n) is 6.29. The van der Waals surface area contributed by atoms with Crippen molar-refractivity contribution in [1.29, 1.82) is 0 Å². The molecule has 0 aromatic rings. The molecule has 0 amide bonds. The summed E-state index contributed by atoms with van der Waals surface area (Å²) in [4.78, 5) is 0. The van der Waals surface area contributed by atoms with Crippen molar-refractivity contribution in [3.63, 3.8) is 0 Å². The van der Waals surface area contributed by atoms with Crippen LogP contribution in [0.3, 0.4) is 0 Å². The summed E-state index contributed by atoms with van der Waals surface area (Å²) in [6.07, 6.45) is 0. The van der Waals surface area contributed by atoms with Gasteiger partial charge in [-0.2, -0.15) is 0 Å². The van der Waals surface area contributed by atoms with E-state index in [2.05, 4.69) is 64.5 Å². The molecule has 0 saturated heterocycles. The smallest absolute Gasteiger partial charge is 0.295 e. The fraction of sp³-hybridized carbons (Fsp3) is 1.00. The summed E-state index contributed by atoms with van der Waals surface area (Å²) in [5.41, 5.74) is 0. The molecular formula is C12H28ClN2Si. The molecule has 0 aromatic heterocycles. The highest BCUT2D eigenvalue weighted by molar-refractivity contribution is 7.03. The molecule has 2 nitrogen and oxygen atoms in total. The maximum absolute atomic E-state index is 6.75. The first-order valence-corrected chi connectivity index (χ1v) is 8.69. The third kappa shape index (κ3) is 4.36. The van der Waals surface area contributed by atoms with Crippen LogP contribution in [0.5, 0.6) is 0 Å². The van der Waals surface area contributed by atoms with Gasteiger partial charge in [0.2, 0.25) is 0 Å². The molecule has 0 fully saturated rings. The third-order valence-electron chi connectivity index (χ3n) is 2.65. The van der Waals surface area contributed by atoms with Crippen molar-refractivity contribution in [1.82, 2.24) is 9.13 Å². The summed E-state index contributed by atoms with van der Waals surface area (Å²) in [6, 6.07) is 2.02. The fourth-order valence-electron chi connectivity index (χ4n) is 2.18. The molecule has 0 bridgehead atoms. The zero-order chi connectivity index (χ0) is 13.0. The number of rotatable bonds is 6. The summed E-state index contributed by atoms with van der Waals surface area (Å²) < 4.78 is 4.90. The predicted octanol–water partition coefficient (Wildman–Crippen LogP) is 3.45. The van der Waals surface area contributed by atoms with Crippen LogP contribution in [-0.2, 0) is 0 Å². The van der Waals surface area contributed by atoms with E-state index < -0.39 is 8.43 Å². The SMILES string of the molecule is CC(C)N(C(C)C)[Si](Cl)N(C(C)C)C(C)C. The zero-order valence-corrected chi connectivity index (χ0v) is 13.8. The molecule has 4 heteroatoms. The van der Waals surface area contributed by atoms with Gasteiger partial charge in [-0.15, -0.1) is 11.1 Å². The van der Waals surface area contributed by atoms with Crippen LogP contribution in [0.4, 0.5) is 0 Å². The minimum Gasteiger partial charge on any atom is -0.295 e. The quantitative estimate of drug-likeness (QED) is 0.535. The second-order valence-corrected chi connectivity index (χ2v) is 8.04. The van der Waals surface area contributed by atoms with Gasteiger partial charge in [-0.3, -0.25) is 9.13 Å². The van der Waals surface area contributed by atoms with Gasteiger partial charge in [0, 0.05) is 0 Å². The molecule has 0 N–H and O–H groups in total. The summed E-state index contributed by atoms with van der Waals surface area (Å²) in [5.74, 6) is 0. The lowest BCUT2D eigenvalue weighted by Gasteiger charge is -2.42. The lowest BCUT2D eigenvalue weighted by molar-refractivity contribution is 0.232. The number of nitrogens with zero attached hydrogens (tertiary/aromatic N) is 2.